The summed E-state index contributed by atoms with van der Waals surface area (Å²) in [5.74, 6) is -0.0210. The highest BCUT2D eigenvalue weighted by Gasteiger charge is 2.32. The molecule has 2 atom stereocenters. The van der Waals surface area contributed by atoms with Gasteiger partial charge in [-0.3, -0.25) is 4.79 Å². The van der Waals surface area contributed by atoms with E-state index < -0.39 is 6.36 Å². The fourth-order valence-corrected chi connectivity index (χ4v) is 4.42. The van der Waals surface area contributed by atoms with Crippen molar-refractivity contribution >= 4 is 17.4 Å². The Bertz CT molecular complexity index is 1340. The van der Waals surface area contributed by atoms with Gasteiger partial charge in [0.15, 0.2) is 5.69 Å². The molecule has 1 aromatic heterocycles. The number of ether oxygens (including phenoxy) is 1. The van der Waals surface area contributed by atoms with Gasteiger partial charge in [-0.1, -0.05) is 60.7 Å². The molecule has 4 aromatic rings. The lowest BCUT2D eigenvalue weighted by Crippen LogP contribution is -2.28. The summed E-state index contributed by atoms with van der Waals surface area (Å²) >= 11 is 0. The number of hydrogen-bond acceptors (Lipinski definition) is 4. The van der Waals surface area contributed by atoms with E-state index in [2.05, 4.69) is 27.3 Å². The third kappa shape index (κ3) is 4.91. The standard InChI is InChI=1S/C27H23F3N4O2/c1-33(20-12-14-21(15-13-20)36-27(28,29)30)26(35)23-17-25-31-22(18-8-4-2-5-9-18)16-24(34(25)32-23)19-10-6-3-7-11-19/h2-15,17,22,24,31H,16H2,1H3/t22-,24+/m0/s1. The first kappa shape index (κ1) is 23.5. The number of carbonyl (C=O) groups is 1. The summed E-state index contributed by atoms with van der Waals surface area (Å²) in [7, 11) is 1.55. The van der Waals surface area contributed by atoms with Crippen molar-refractivity contribution in [3.05, 3.63) is 108 Å². The van der Waals surface area contributed by atoms with E-state index in [1.165, 1.54) is 29.2 Å². The molecule has 1 N–H and O–H groups in total. The second kappa shape index (κ2) is 9.41. The number of aromatic nitrogens is 2. The van der Waals surface area contributed by atoms with Gasteiger partial charge in [0.2, 0.25) is 0 Å². The highest BCUT2D eigenvalue weighted by atomic mass is 19.4. The maximum absolute atomic E-state index is 13.3. The van der Waals surface area contributed by atoms with Crippen LogP contribution < -0.4 is 15.0 Å². The zero-order valence-electron chi connectivity index (χ0n) is 19.3. The Morgan fingerprint density at radius 1 is 0.972 bits per heavy atom. The molecule has 9 heteroatoms. The molecule has 0 unspecified atom stereocenters. The number of halogens is 3. The van der Waals surface area contributed by atoms with E-state index in [1.54, 1.807) is 13.1 Å². The van der Waals surface area contributed by atoms with Crippen LogP contribution in [-0.4, -0.2) is 29.1 Å². The van der Waals surface area contributed by atoms with E-state index in [0.29, 0.717) is 5.69 Å². The van der Waals surface area contributed by atoms with Crippen LogP contribution in [0.25, 0.3) is 0 Å². The van der Waals surface area contributed by atoms with E-state index in [1.807, 2.05) is 53.2 Å². The fraction of sp³-hybridized carbons (Fsp3) is 0.185. The Labute approximate surface area is 205 Å². The summed E-state index contributed by atoms with van der Waals surface area (Å²) in [6.45, 7) is 0. The van der Waals surface area contributed by atoms with Crippen molar-refractivity contribution < 1.29 is 22.7 Å². The molecule has 36 heavy (non-hydrogen) atoms. The van der Waals surface area contributed by atoms with E-state index in [9.17, 15) is 18.0 Å². The highest BCUT2D eigenvalue weighted by Crippen LogP contribution is 2.39. The van der Waals surface area contributed by atoms with Gasteiger partial charge in [0.25, 0.3) is 5.91 Å². The number of amides is 1. The third-order valence-corrected chi connectivity index (χ3v) is 6.18. The molecule has 0 bridgehead atoms. The van der Waals surface area contributed by atoms with Crippen LogP contribution in [0, 0.1) is 0 Å². The number of anilines is 2. The van der Waals surface area contributed by atoms with E-state index in [0.717, 1.165) is 23.4 Å². The molecule has 0 saturated carbocycles. The molecular formula is C27H23F3N4O2. The lowest BCUT2D eigenvalue weighted by atomic mass is 9.93. The van der Waals surface area contributed by atoms with Gasteiger partial charge in [-0.15, -0.1) is 13.2 Å². The van der Waals surface area contributed by atoms with Gasteiger partial charge in [-0.05, 0) is 41.8 Å². The van der Waals surface area contributed by atoms with Crippen molar-refractivity contribution in [2.45, 2.75) is 24.9 Å². The van der Waals surface area contributed by atoms with Gasteiger partial charge in [0.1, 0.15) is 11.6 Å². The van der Waals surface area contributed by atoms with Gasteiger partial charge in [0, 0.05) is 18.8 Å². The van der Waals surface area contributed by atoms with Gasteiger partial charge >= 0.3 is 6.36 Å². The number of alkyl halides is 3. The van der Waals surface area contributed by atoms with Crippen LogP contribution in [0.1, 0.15) is 40.1 Å². The third-order valence-electron chi connectivity index (χ3n) is 6.18. The maximum atomic E-state index is 13.3. The average Bonchev–Trinajstić information content (AvgIpc) is 3.32. The number of nitrogens with one attached hydrogen (secondary N) is 1. The number of rotatable bonds is 5. The molecule has 0 radical (unpaired) electrons. The number of carbonyl (C=O) groups excluding carboxylic acids is 1. The molecular weight excluding hydrogens is 469 g/mol. The molecule has 1 amide bonds. The van der Waals surface area contributed by atoms with Crippen molar-refractivity contribution in [1.29, 1.82) is 0 Å². The largest absolute Gasteiger partial charge is 0.573 e. The summed E-state index contributed by atoms with van der Waals surface area (Å²) in [4.78, 5) is 14.6. The molecule has 1 aliphatic rings. The molecule has 0 spiro atoms. The second-order valence-corrected chi connectivity index (χ2v) is 8.54. The van der Waals surface area contributed by atoms with Gasteiger partial charge in [-0.25, -0.2) is 4.68 Å². The summed E-state index contributed by atoms with van der Waals surface area (Å²) < 4.78 is 43.1. The number of hydrogen-bond donors (Lipinski definition) is 1. The van der Waals surface area contributed by atoms with E-state index in [-0.39, 0.29) is 29.4 Å². The lowest BCUT2D eigenvalue weighted by Gasteiger charge is -2.32. The predicted octanol–water partition coefficient (Wildman–Crippen LogP) is 6.20. The SMILES string of the molecule is CN(C(=O)c1cc2n(n1)[C@@H](c1ccccc1)C[C@@H](c1ccccc1)N2)c1ccc(OC(F)(F)F)cc1. The summed E-state index contributed by atoms with van der Waals surface area (Å²) in [5, 5.41) is 8.14. The van der Waals surface area contributed by atoms with Crippen molar-refractivity contribution in [3.63, 3.8) is 0 Å². The summed E-state index contributed by atoms with van der Waals surface area (Å²) in [6.07, 6.45) is -4.04. The fourth-order valence-electron chi connectivity index (χ4n) is 4.42. The van der Waals surface area contributed by atoms with Crippen LogP contribution in [0.2, 0.25) is 0 Å². The van der Waals surface area contributed by atoms with Crippen LogP contribution in [0.4, 0.5) is 24.7 Å². The molecule has 5 rings (SSSR count). The van der Waals surface area contributed by atoms with Gasteiger partial charge < -0.3 is 15.0 Å². The second-order valence-electron chi connectivity index (χ2n) is 8.54. The Hall–Kier alpha value is -4.27. The Morgan fingerprint density at radius 2 is 1.58 bits per heavy atom. The molecule has 2 heterocycles. The topological polar surface area (TPSA) is 59.4 Å². The van der Waals surface area contributed by atoms with Crippen molar-refractivity contribution in [1.82, 2.24) is 9.78 Å². The summed E-state index contributed by atoms with van der Waals surface area (Å²) in [5.41, 5.74) is 2.86. The number of benzene rings is 3. The van der Waals surface area contributed by atoms with Crippen molar-refractivity contribution in [3.8, 4) is 5.75 Å². The number of fused-ring (bicyclic) bond motifs is 1. The minimum atomic E-state index is -4.78. The highest BCUT2D eigenvalue weighted by molar-refractivity contribution is 6.04. The molecule has 184 valence electrons. The Kier molecular flexibility index (Phi) is 6.13. The maximum Gasteiger partial charge on any atom is 0.573 e. The molecule has 3 aromatic carbocycles. The predicted molar refractivity (Wildman–Crippen MR) is 130 cm³/mol. The zero-order chi connectivity index (χ0) is 25.3. The van der Waals surface area contributed by atoms with Crippen molar-refractivity contribution in [2.24, 2.45) is 0 Å². The van der Waals surface area contributed by atoms with Crippen LogP contribution in [0.15, 0.2) is 91.0 Å². The number of nitrogens with zero attached hydrogens (tertiary/aromatic N) is 3. The van der Waals surface area contributed by atoms with Crippen LogP contribution in [0.5, 0.6) is 5.75 Å². The summed E-state index contributed by atoms with van der Waals surface area (Å²) in [6, 6.07) is 26.9. The molecule has 0 saturated heterocycles. The first-order valence-corrected chi connectivity index (χ1v) is 11.4. The van der Waals surface area contributed by atoms with Crippen LogP contribution in [0.3, 0.4) is 0 Å². The van der Waals surface area contributed by atoms with E-state index in [4.69, 9.17) is 0 Å². The quantitative estimate of drug-likeness (QED) is 0.360. The average molecular weight is 493 g/mol. The lowest BCUT2D eigenvalue weighted by molar-refractivity contribution is -0.274. The van der Waals surface area contributed by atoms with Crippen LogP contribution >= 0.6 is 0 Å². The minimum absolute atomic E-state index is 0.0301. The Morgan fingerprint density at radius 3 is 2.19 bits per heavy atom. The molecule has 0 aliphatic carbocycles. The monoisotopic (exact) mass is 492 g/mol. The first-order chi connectivity index (χ1) is 17.3. The molecule has 1 aliphatic heterocycles. The zero-order valence-corrected chi connectivity index (χ0v) is 19.3. The van der Waals surface area contributed by atoms with Gasteiger partial charge in [0.05, 0.1) is 12.1 Å². The molecule has 0 fully saturated rings. The first-order valence-electron chi connectivity index (χ1n) is 11.4. The molecule has 6 nitrogen and oxygen atoms in total. The normalized spacial score (nSPS) is 17.1. The van der Waals surface area contributed by atoms with Crippen molar-refractivity contribution in [2.75, 3.05) is 17.3 Å². The van der Waals surface area contributed by atoms with E-state index >= 15 is 0 Å². The minimum Gasteiger partial charge on any atom is -0.406 e. The van der Waals surface area contributed by atoms with Gasteiger partial charge in [-0.2, -0.15) is 5.10 Å². The Balaban J connectivity index is 1.43. The van der Waals surface area contributed by atoms with Crippen LogP contribution in [-0.2, 0) is 0 Å². The smallest absolute Gasteiger partial charge is 0.406 e.